The minimum absolute atomic E-state index is 0.435. The minimum atomic E-state index is 0.435. The third-order valence-electron chi connectivity index (χ3n) is 1.35. The molecule has 58 valence electrons. The summed E-state index contributed by atoms with van der Waals surface area (Å²) >= 11 is 0. The summed E-state index contributed by atoms with van der Waals surface area (Å²) in [7, 11) is 1.85. The van der Waals surface area contributed by atoms with E-state index in [4.69, 9.17) is 5.41 Å². The van der Waals surface area contributed by atoms with Crippen molar-refractivity contribution in [2.45, 2.75) is 20.8 Å². The molecule has 0 saturated heterocycles. The van der Waals surface area contributed by atoms with Crippen LogP contribution >= 0.6 is 0 Å². The van der Waals surface area contributed by atoms with Gasteiger partial charge in [0.05, 0.1) is 0 Å². The number of hydrogen-bond acceptors (Lipinski definition) is 2. The molecule has 0 aromatic carbocycles. The summed E-state index contributed by atoms with van der Waals surface area (Å²) in [5, 5.41) is 10.3. The first-order chi connectivity index (χ1) is 4.59. The topological polar surface area (TPSA) is 35.9 Å². The van der Waals surface area contributed by atoms with Crippen LogP contribution in [0, 0.1) is 11.3 Å². The first-order valence-corrected chi connectivity index (χ1v) is 3.52. The maximum absolute atomic E-state index is 7.38. The van der Waals surface area contributed by atoms with Gasteiger partial charge in [-0.05, 0) is 18.4 Å². The highest BCUT2D eigenvalue weighted by molar-refractivity contribution is 5.95. The molecule has 10 heavy (non-hydrogen) atoms. The van der Waals surface area contributed by atoms with Gasteiger partial charge in [0.1, 0.15) is 0 Å². The second-order valence-corrected chi connectivity index (χ2v) is 2.67. The highest BCUT2D eigenvalue weighted by atomic mass is 14.8. The van der Waals surface area contributed by atoms with E-state index in [-0.39, 0.29) is 0 Å². The lowest BCUT2D eigenvalue weighted by atomic mass is 10.0. The Kier molecular flexibility index (Phi) is 3.77. The van der Waals surface area contributed by atoms with Crippen molar-refractivity contribution < 1.29 is 0 Å². The standard InChI is InChI=1S/C8H16N2/c1-6(2)8(5-10-4)7(3)9/h5-6,9-10H,1-4H3/b8-5-,9-7?. The van der Waals surface area contributed by atoms with E-state index in [9.17, 15) is 0 Å². The van der Waals surface area contributed by atoms with Crippen molar-refractivity contribution >= 4 is 5.71 Å². The average molecular weight is 140 g/mol. The maximum atomic E-state index is 7.38. The molecule has 0 aliphatic heterocycles. The lowest BCUT2D eigenvalue weighted by Gasteiger charge is -2.08. The van der Waals surface area contributed by atoms with E-state index in [1.807, 2.05) is 20.2 Å². The monoisotopic (exact) mass is 140 g/mol. The Morgan fingerprint density at radius 2 is 2.00 bits per heavy atom. The van der Waals surface area contributed by atoms with Gasteiger partial charge >= 0.3 is 0 Å². The quantitative estimate of drug-likeness (QED) is 0.576. The fourth-order valence-electron chi connectivity index (χ4n) is 0.863. The van der Waals surface area contributed by atoms with E-state index in [0.717, 1.165) is 5.57 Å². The molecule has 0 unspecified atom stereocenters. The molecule has 0 radical (unpaired) electrons. The third-order valence-corrected chi connectivity index (χ3v) is 1.35. The molecule has 0 saturated carbocycles. The van der Waals surface area contributed by atoms with Crippen molar-refractivity contribution in [1.29, 1.82) is 5.41 Å². The van der Waals surface area contributed by atoms with Gasteiger partial charge in [-0.2, -0.15) is 0 Å². The molecule has 0 fully saturated rings. The first kappa shape index (κ1) is 9.21. The molecule has 2 N–H and O–H groups in total. The Balaban J connectivity index is 4.27. The third kappa shape index (κ3) is 2.67. The average Bonchev–Trinajstić information content (AvgIpc) is 1.81. The summed E-state index contributed by atoms with van der Waals surface area (Å²) in [6.45, 7) is 5.98. The van der Waals surface area contributed by atoms with Gasteiger partial charge in [-0.25, -0.2) is 0 Å². The number of hydrogen-bond donors (Lipinski definition) is 2. The molecule has 0 spiro atoms. The molecule has 2 heteroatoms. The summed E-state index contributed by atoms with van der Waals surface area (Å²) in [5.41, 5.74) is 1.71. The Hall–Kier alpha value is -0.790. The zero-order valence-corrected chi connectivity index (χ0v) is 7.15. The largest absolute Gasteiger partial charge is 0.394 e. The van der Waals surface area contributed by atoms with E-state index in [1.165, 1.54) is 0 Å². The van der Waals surface area contributed by atoms with Gasteiger partial charge in [-0.3, -0.25) is 0 Å². The molecule has 0 aliphatic carbocycles. The minimum Gasteiger partial charge on any atom is -0.394 e. The van der Waals surface area contributed by atoms with Crippen LogP contribution in [0.15, 0.2) is 11.8 Å². The molecule has 0 bridgehead atoms. The van der Waals surface area contributed by atoms with Crippen molar-refractivity contribution in [3.8, 4) is 0 Å². The molecule has 0 atom stereocenters. The van der Waals surface area contributed by atoms with Crippen molar-refractivity contribution in [2.24, 2.45) is 5.92 Å². The summed E-state index contributed by atoms with van der Waals surface area (Å²) < 4.78 is 0. The van der Waals surface area contributed by atoms with Gasteiger partial charge in [0.15, 0.2) is 0 Å². The van der Waals surface area contributed by atoms with E-state index in [0.29, 0.717) is 11.6 Å². The Labute approximate surface area is 62.8 Å². The summed E-state index contributed by atoms with van der Waals surface area (Å²) in [6, 6.07) is 0. The van der Waals surface area contributed by atoms with Crippen LogP contribution in [0.25, 0.3) is 0 Å². The van der Waals surface area contributed by atoms with Crippen LogP contribution in [-0.2, 0) is 0 Å². The van der Waals surface area contributed by atoms with Crippen molar-refractivity contribution in [3.63, 3.8) is 0 Å². The number of allylic oxidation sites excluding steroid dienone is 1. The smallest absolute Gasteiger partial charge is 0.0331 e. The highest BCUT2D eigenvalue weighted by Gasteiger charge is 2.03. The van der Waals surface area contributed by atoms with Crippen molar-refractivity contribution in [3.05, 3.63) is 11.8 Å². The van der Waals surface area contributed by atoms with Gasteiger partial charge < -0.3 is 10.7 Å². The summed E-state index contributed by atoms with van der Waals surface area (Å²) in [5.74, 6) is 0.435. The fraction of sp³-hybridized carbons (Fsp3) is 0.625. The molecular weight excluding hydrogens is 124 g/mol. The predicted molar refractivity (Wildman–Crippen MR) is 45.4 cm³/mol. The highest BCUT2D eigenvalue weighted by Crippen LogP contribution is 2.08. The normalized spacial score (nSPS) is 11.9. The molecule has 0 aromatic rings. The van der Waals surface area contributed by atoms with Crippen LogP contribution < -0.4 is 5.32 Å². The van der Waals surface area contributed by atoms with E-state index < -0.39 is 0 Å². The summed E-state index contributed by atoms with van der Waals surface area (Å²) in [4.78, 5) is 0. The SMILES string of the molecule is CN/C=C(\C(C)=N)C(C)C. The lowest BCUT2D eigenvalue weighted by Crippen LogP contribution is -2.08. The Bertz CT molecular complexity index is 145. The molecule has 0 heterocycles. The second kappa shape index (κ2) is 4.09. The van der Waals surface area contributed by atoms with Crippen molar-refractivity contribution in [2.75, 3.05) is 7.05 Å². The van der Waals surface area contributed by atoms with Gasteiger partial charge in [0, 0.05) is 19.0 Å². The fourth-order valence-corrected chi connectivity index (χ4v) is 0.863. The number of rotatable bonds is 3. The van der Waals surface area contributed by atoms with Crippen LogP contribution in [0.3, 0.4) is 0 Å². The molecule has 0 aromatic heterocycles. The molecule has 2 nitrogen and oxygen atoms in total. The van der Waals surface area contributed by atoms with Crippen LogP contribution in [0.2, 0.25) is 0 Å². The molecule has 0 aliphatic rings. The van der Waals surface area contributed by atoms with Crippen LogP contribution in [0.5, 0.6) is 0 Å². The van der Waals surface area contributed by atoms with Gasteiger partial charge in [0.25, 0.3) is 0 Å². The van der Waals surface area contributed by atoms with Gasteiger partial charge in [-0.15, -0.1) is 0 Å². The van der Waals surface area contributed by atoms with E-state index >= 15 is 0 Å². The van der Waals surface area contributed by atoms with Crippen LogP contribution in [-0.4, -0.2) is 12.8 Å². The van der Waals surface area contributed by atoms with Crippen LogP contribution in [0.1, 0.15) is 20.8 Å². The number of nitrogens with one attached hydrogen (secondary N) is 2. The first-order valence-electron chi connectivity index (χ1n) is 3.52. The summed E-state index contributed by atoms with van der Waals surface area (Å²) in [6.07, 6.45) is 1.88. The Morgan fingerprint density at radius 1 is 1.50 bits per heavy atom. The maximum Gasteiger partial charge on any atom is 0.0331 e. The molecule has 0 amide bonds. The van der Waals surface area contributed by atoms with Crippen LogP contribution in [0.4, 0.5) is 0 Å². The van der Waals surface area contributed by atoms with E-state index in [2.05, 4.69) is 19.2 Å². The van der Waals surface area contributed by atoms with Gasteiger partial charge in [0.2, 0.25) is 0 Å². The lowest BCUT2D eigenvalue weighted by molar-refractivity contribution is 0.789. The van der Waals surface area contributed by atoms with E-state index in [1.54, 1.807) is 0 Å². The molecule has 0 rings (SSSR count). The predicted octanol–water partition coefficient (Wildman–Crippen LogP) is 1.79. The zero-order chi connectivity index (χ0) is 8.15. The Morgan fingerprint density at radius 3 is 2.10 bits per heavy atom. The van der Waals surface area contributed by atoms with Crippen molar-refractivity contribution in [1.82, 2.24) is 5.32 Å². The molecular formula is C8H16N2. The zero-order valence-electron chi connectivity index (χ0n) is 7.15. The second-order valence-electron chi connectivity index (χ2n) is 2.67. The van der Waals surface area contributed by atoms with Gasteiger partial charge in [-0.1, -0.05) is 13.8 Å².